The maximum atomic E-state index is 12.2. The summed E-state index contributed by atoms with van der Waals surface area (Å²) in [5.74, 6) is -1.14. The van der Waals surface area contributed by atoms with Crippen LogP contribution in [0.5, 0.6) is 6.08 Å². The van der Waals surface area contributed by atoms with Gasteiger partial charge in [-0.1, -0.05) is 40.0 Å². The van der Waals surface area contributed by atoms with Gasteiger partial charge in [-0.15, -0.1) is 0 Å². The Morgan fingerprint density at radius 1 is 1.11 bits per heavy atom. The molecule has 0 amide bonds. The highest BCUT2D eigenvalue weighted by molar-refractivity contribution is 7.99. The van der Waals surface area contributed by atoms with Crippen molar-refractivity contribution < 1.29 is 13.9 Å². The first-order valence-electron chi connectivity index (χ1n) is 7.88. The fourth-order valence-electron chi connectivity index (χ4n) is 2.30. The zero-order valence-electron chi connectivity index (χ0n) is 14.0. The van der Waals surface area contributed by atoms with Crippen LogP contribution in [0.1, 0.15) is 16.2 Å². The van der Waals surface area contributed by atoms with E-state index in [4.69, 9.17) is 9.15 Å². The Kier molecular flexibility index (Phi) is 4.43. The third-order valence-electron chi connectivity index (χ3n) is 3.60. The summed E-state index contributed by atoms with van der Waals surface area (Å²) in [4.78, 5) is 31.6. The van der Waals surface area contributed by atoms with Crippen molar-refractivity contribution >= 4 is 28.6 Å². The Morgan fingerprint density at radius 2 is 1.89 bits per heavy atom. The summed E-state index contributed by atoms with van der Waals surface area (Å²) in [5.41, 5.74) is 1.08. The average molecular weight is 380 g/mol. The third-order valence-corrected chi connectivity index (χ3v) is 4.45. The molecule has 0 bridgehead atoms. The molecule has 27 heavy (non-hydrogen) atoms. The first-order chi connectivity index (χ1) is 13.1. The molecule has 4 aromatic rings. The van der Waals surface area contributed by atoms with Gasteiger partial charge in [0.1, 0.15) is 0 Å². The summed E-state index contributed by atoms with van der Waals surface area (Å²) in [5, 5.41) is 8.11. The van der Waals surface area contributed by atoms with Crippen molar-refractivity contribution in [2.75, 3.05) is 0 Å². The lowest BCUT2D eigenvalue weighted by Crippen LogP contribution is -2.19. The van der Waals surface area contributed by atoms with Gasteiger partial charge in [0.2, 0.25) is 5.82 Å². The highest BCUT2D eigenvalue weighted by atomic mass is 32.2. The molecule has 0 saturated carbocycles. The smallest absolute Gasteiger partial charge is 0.382 e. The number of ether oxygens (including phenoxy) is 1. The highest BCUT2D eigenvalue weighted by Gasteiger charge is 2.18. The van der Waals surface area contributed by atoms with Gasteiger partial charge in [0.15, 0.2) is 0 Å². The van der Waals surface area contributed by atoms with Crippen molar-refractivity contribution in [3.8, 4) is 6.08 Å². The standard InChI is InChI=1S/C18H12N4O4S/c1-10-6-8-11(9-7-10)27-18-22-21-17(26-18)25-16(24)14-19-13-5-3-2-4-12(13)15(23)20-14/h2-9H,1H3,(H,19,20,23). The van der Waals surface area contributed by atoms with Crippen LogP contribution in [0.25, 0.3) is 10.9 Å². The van der Waals surface area contributed by atoms with E-state index in [0.29, 0.717) is 10.9 Å². The normalized spacial score (nSPS) is 10.9. The Bertz CT molecular complexity index is 1180. The number of hydrogen-bond acceptors (Lipinski definition) is 8. The second-order valence-electron chi connectivity index (χ2n) is 5.57. The monoisotopic (exact) mass is 380 g/mol. The van der Waals surface area contributed by atoms with E-state index in [-0.39, 0.29) is 17.1 Å². The summed E-state index contributed by atoms with van der Waals surface area (Å²) in [6.45, 7) is 1.99. The number of fused-ring (bicyclic) bond motifs is 1. The van der Waals surface area contributed by atoms with E-state index in [2.05, 4.69) is 20.2 Å². The number of aromatic amines is 1. The Morgan fingerprint density at radius 3 is 2.70 bits per heavy atom. The largest absolute Gasteiger partial charge is 0.423 e. The lowest BCUT2D eigenvalue weighted by atomic mass is 10.2. The molecule has 0 unspecified atom stereocenters. The Balaban J connectivity index is 1.51. The minimum Gasteiger partial charge on any atom is -0.382 e. The fraction of sp³-hybridized carbons (Fsp3) is 0.0556. The molecular weight excluding hydrogens is 368 g/mol. The number of benzene rings is 2. The molecule has 1 N–H and O–H groups in total. The molecular formula is C18H12N4O4S. The minimum atomic E-state index is -0.895. The number of hydrogen-bond donors (Lipinski definition) is 1. The summed E-state index contributed by atoms with van der Waals surface area (Å²) in [7, 11) is 0. The van der Waals surface area contributed by atoms with Crippen LogP contribution in [0.15, 0.2) is 67.9 Å². The van der Waals surface area contributed by atoms with Crippen LogP contribution in [-0.2, 0) is 0 Å². The van der Waals surface area contributed by atoms with Gasteiger partial charge in [0.25, 0.3) is 10.8 Å². The van der Waals surface area contributed by atoms with Gasteiger partial charge in [-0.3, -0.25) is 4.79 Å². The maximum Gasteiger partial charge on any atom is 0.423 e. The van der Waals surface area contributed by atoms with Crippen LogP contribution < -0.4 is 10.3 Å². The van der Waals surface area contributed by atoms with Gasteiger partial charge in [0, 0.05) is 4.90 Å². The molecule has 134 valence electrons. The Hall–Kier alpha value is -3.46. The van der Waals surface area contributed by atoms with E-state index in [1.54, 1.807) is 24.3 Å². The zero-order chi connectivity index (χ0) is 18.8. The third kappa shape index (κ3) is 3.72. The van der Waals surface area contributed by atoms with Gasteiger partial charge < -0.3 is 14.1 Å². The van der Waals surface area contributed by atoms with Crippen molar-refractivity contribution in [2.45, 2.75) is 17.0 Å². The number of aromatic nitrogens is 4. The molecule has 2 heterocycles. The van der Waals surface area contributed by atoms with E-state index in [1.165, 1.54) is 11.8 Å². The van der Waals surface area contributed by atoms with E-state index in [1.807, 2.05) is 31.2 Å². The maximum absolute atomic E-state index is 12.2. The first-order valence-corrected chi connectivity index (χ1v) is 8.69. The van der Waals surface area contributed by atoms with Crippen molar-refractivity contribution in [1.82, 2.24) is 20.2 Å². The number of rotatable bonds is 4. The fourth-order valence-corrected chi connectivity index (χ4v) is 2.97. The number of nitrogens with zero attached hydrogens (tertiary/aromatic N) is 3. The SMILES string of the molecule is Cc1ccc(Sc2nnc(OC(=O)c3nc4ccccc4c(=O)[nH]3)o2)cc1. The van der Waals surface area contributed by atoms with E-state index in [9.17, 15) is 9.59 Å². The number of carbonyl (C=O) groups excluding carboxylic acids is 1. The average Bonchev–Trinajstić information content (AvgIpc) is 3.10. The summed E-state index contributed by atoms with van der Waals surface area (Å²) in [6.07, 6.45) is -0.328. The van der Waals surface area contributed by atoms with Gasteiger partial charge in [-0.25, -0.2) is 9.78 Å². The molecule has 0 aliphatic heterocycles. The van der Waals surface area contributed by atoms with Crippen molar-refractivity contribution in [1.29, 1.82) is 0 Å². The Labute approximate surface area is 156 Å². The predicted molar refractivity (Wildman–Crippen MR) is 96.9 cm³/mol. The van der Waals surface area contributed by atoms with E-state index < -0.39 is 11.5 Å². The number of nitrogens with one attached hydrogen (secondary N) is 1. The van der Waals surface area contributed by atoms with Crippen molar-refractivity contribution in [3.05, 3.63) is 70.3 Å². The van der Waals surface area contributed by atoms with Crippen LogP contribution in [0.4, 0.5) is 0 Å². The van der Waals surface area contributed by atoms with Crippen LogP contribution in [0.3, 0.4) is 0 Å². The molecule has 8 nitrogen and oxygen atoms in total. The summed E-state index contributed by atoms with van der Waals surface area (Å²) < 4.78 is 10.3. The molecule has 9 heteroatoms. The molecule has 0 fully saturated rings. The van der Waals surface area contributed by atoms with Crippen LogP contribution in [0.2, 0.25) is 0 Å². The van der Waals surface area contributed by atoms with Crippen LogP contribution in [0, 0.1) is 6.92 Å². The molecule has 0 spiro atoms. The second-order valence-corrected chi connectivity index (χ2v) is 6.59. The molecule has 0 aliphatic carbocycles. The molecule has 0 atom stereocenters. The number of para-hydroxylation sites is 1. The van der Waals surface area contributed by atoms with Crippen LogP contribution >= 0.6 is 11.8 Å². The lowest BCUT2D eigenvalue weighted by Gasteiger charge is -2.01. The molecule has 0 aliphatic rings. The van der Waals surface area contributed by atoms with E-state index >= 15 is 0 Å². The number of aryl methyl sites for hydroxylation is 1. The van der Waals surface area contributed by atoms with E-state index in [0.717, 1.165) is 10.5 Å². The van der Waals surface area contributed by atoms with Crippen LogP contribution in [-0.4, -0.2) is 26.1 Å². The topological polar surface area (TPSA) is 111 Å². The summed E-state index contributed by atoms with van der Waals surface area (Å²) in [6, 6.07) is 14.4. The second kappa shape index (κ2) is 7.04. The van der Waals surface area contributed by atoms with Crippen molar-refractivity contribution in [2.24, 2.45) is 0 Å². The molecule has 2 aromatic carbocycles. The van der Waals surface area contributed by atoms with Crippen molar-refractivity contribution in [3.63, 3.8) is 0 Å². The molecule has 2 aromatic heterocycles. The van der Waals surface area contributed by atoms with Gasteiger partial charge >= 0.3 is 12.0 Å². The summed E-state index contributed by atoms with van der Waals surface area (Å²) >= 11 is 1.24. The highest BCUT2D eigenvalue weighted by Crippen LogP contribution is 2.28. The number of esters is 1. The first kappa shape index (κ1) is 17.0. The molecule has 4 rings (SSSR count). The van der Waals surface area contributed by atoms with Gasteiger partial charge in [-0.05, 0) is 43.0 Å². The predicted octanol–water partition coefficient (Wildman–Crippen LogP) is 2.98. The number of H-pyrrole nitrogens is 1. The quantitative estimate of drug-likeness (QED) is 0.538. The van der Waals surface area contributed by atoms with Gasteiger partial charge in [0.05, 0.1) is 10.9 Å². The van der Waals surface area contributed by atoms with Gasteiger partial charge in [-0.2, -0.15) is 0 Å². The zero-order valence-corrected chi connectivity index (χ0v) is 14.8. The minimum absolute atomic E-state index is 0.224. The molecule has 0 radical (unpaired) electrons. The molecule has 0 saturated heterocycles. The number of carbonyl (C=O) groups is 1. The lowest BCUT2D eigenvalue weighted by molar-refractivity contribution is 0.0662.